The molecular weight excluding hydrogens is 477 g/mol. The number of allylic oxidation sites excluding steroid dienone is 1. The fourth-order valence-corrected chi connectivity index (χ4v) is 4.11. The van der Waals surface area contributed by atoms with E-state index in [9.17, 15) is 9.59 Å². The number of hydrogen-bond acceptors (Lipinski definition) is 6. The van der Waals surface area contributed by atoms with E-state index in [1.54, 1.807) is 11.1 Å². The molecule has 32 heavy (non-hydrogen) atoms. The third-order valence-corrected chi connectivity index (χ3v) is 6.18. The van der Waals surface area contributed by atoms with Gasteiger partial charge >= 0.3 is 0 Å². The monoisotopic (exact) mass is 493 g/mol. The molecule has 0 saturated carbocycles. The topological polar surface area (TPSA) is 91.4 Å². The zero-order valence-corrected chi connectivity index (χ0v) is 19.0. The number of piperazine rings is 1. The number of carbonyl (C=O) groups excluding carboxylic acids is 2. The Morgan fingerprint density at radius 2 is 1.84 bits per heavy atom. The third-order valence-electron chi connectivity index (χ3n) is 5.15. The van der Waals surface area contributed by atoms with Crippen molar-refractivity contribution in [3.05, 3.63) is 57.9 Å². The molecule has 0 spiro atoms. The lowest BCUT2D eigenvalue weighted by Gasteiger charge is -2.35. The molecule has 0 atom stereocenters. The highest BCUT2D eigenvalue weighted by Crippen LogP contribution is 2.35. The second-order valence-electron chi connectivity index (χ2n) is 7.02. The highest BCUT2D eigenvalue weighted by atomic mass is 35.5. The summed E-state index contributed by atoms with van der Waals surface area (Å²) >= 11 is 18.4. The molecule has 3 aromatic rings. The molecule has 1 aromatic carbocycles. The van der Waals surface area contributed by atoms with Crippen LogP contribution in [0.15, 0.2) is 37.1 Å². The van der Waals surface area contributed by atoms with Gasteiger partial charge in [-0.25, -0.2) is 0 Å². The Labute approximate surface area is 198 Å². The van der Waals surface area contributed by atoms with Crippen LogP contribution in [0.4, 0.5) is 5.82 Å². The van der Waals surface area contributed by atoms with E-state index in [1.165, 1.54) is 12.1 Å². The number of carbonyl (C=O) groups is 2. The van der Waals surface area contributed by atoms with E-state index in [2.05, 4.69) is 26.4 Å². The first-order valence-electron chi connectivity index (χ1n) is 9.70. The minimum atomic E-state index is -0.348. The van der Waals surface area contributed by atoms with Gasteiger partial charge in [0.05, 0.1) is 10.4 Å². The van der Waals surface area contributed by atoms with Gasteiger partial charge in [-0.3, -0.25) is 9.59 Å². The van der Waals surface area contributed by atoms with Crippen LogP contribution in [0, 0.1) is 0 Å². The zero-order valence-electron chi connectivity index (χ0n) is 16.8. The maximum absolute atomic E-state index is 12.6. The Morgan fingerprint density at radius 3 is 2.56 bits per heavy atom. The number of ether oxygens (including phenoxy) is 1. The van der Waals surface area contributed by atoms with Crippen molar-refractivity contribution in [3.8, 4) is 5.75 Å². The SMILES string of the molecule is C=CC(=O)c1ccc(OCC(=O)N2CCN(c3nc(Cl)nc4[nH]ccc34)CC2)c(Cl)c1Cl. The standard InChI is InChI=1S/C21H18Cl3N5O3/c1-2-14(30)12-3-4-15(18(23)17(12)22)32-11-16(31)28-7-9-29(10-8-28)20-13-5-6-25-19(13)26-21(24)27-20/h2-6H,1,7-11H2,(H,25,26,27). The second-order valence-corrected chi connectivity index (χ2v) is 8.11. The minimum Gasteiger partial charge on any atom is -0.482 e. The Kier molecular flexibility index (Phi) is 6.55. The van der Waals surface area contributed by atoms with Gasteiger partial charge in [0.2, 0.25) is 5.28 Å². The average Bonchev–Trinajstić information content (AvgIpc) is 3.27. The quantitative estimate of drug-likeness (QED) is 0.316. The smallest absolute Gasteiger partial charge is 0.260 e. The molecule has 3 heterocycles. The Bertz CT molecular complexity index is 1200. The predicted molar refractivity (Wildman–Crippen MR) is 124 cm³/mol. The lowest BCUT2D eigenvalue weighted by atomic mass is 10.1. The number of anilines is 1. The average molecular weight is 495 g/mol. The van der Waals surface area contributed by atoms with Crippen LogP contribution in [0.2, 0.25) is 15.3 Å². The first kappa shape index (κ1) is 22.4. The van der Waals surface area contributed by atoms with Crippen molar-refractivity contribution in [2.24, 2.45) is 0 Å². The zero-order chi connectivity index (χ0) is 22.8. The van der Waals surface area contributed by atoms with Crippen LogP contribution in [0.3, 0.4) is 0 Å². The molecule has 1 N–H and O–H groups in total. The molecule has 1 fully saturated rings. The summed E-state index contributed by atoms with van der Waals surface area (Å²) in [5, 5.41) is 1.18. The summed E-state index contributed by atoms with van der Waals surface area (Å²) in [6.45, 7) is 5.40. The summed E-state index contributed by atoms with van der Waals surface area (Å²) in [5.41, 5.74) is 0.895. The Morgan fingerprint density at radius 1 is 1.09 bits per heavy atom. The van der Waals surface area contributed by atoms with Crippen molar-refractivity contribution in [1.29, 1.82) is 0 Å². The minimum absolute atomic E-state index is 0.0645. The van der Waals surface area contributed by atoms with Gasteiger partial charge in [0.25, 0.3) is 5.91 Å². The number of hydrogen-bond donors (Lipinski definition) is 1. The lowest BCUT2D eigenvalue weighted by Crippen LogP contribution is -2.50. The highest BCUT2D eigenvalue weighted by molar-refractivity contribution is 6.45. The third kappa shape index (κ3) is 4.39. The Hall–Kier alpha value is -2.81. The number of aromatic nitrogens is 3. The van der Waals surface area contributed by atoms with Crippen LogP contribution in [0.1, 0.15) is 10.4 Å². The van der Waals surface area contributed by atoms with Crippen LogP contribution >= 0.6 is 34.8 Å². The summed E-state index contributed by atoms with van der Waals surface area (Å²) in [6.07, 6.45) is 2.94. The molecule has 11 heteroatoms. The molecule has 0 unspecified atom stereocenters. The Balaban J connectivity index is 1.37. The van der Waals surface area contributed by atoms with Crippen molar-refractivity contribution < 1.29 is 14.3 Å². The number of ketones is 1. The number of benzene rings is 1. The fraction of sp³-hybridized carbons (Fsp3) is 0.238. The van der Waals surface area contributed by atoms with E-state index >= 15 is 0 Å². The summed E-state index contributed by atoms with van der Waals surface area (Å²) in [5.74, 6) is 0.435. The fourth-order valence-electron chi connectivity index (χ4n) is 3.48. The number of aromatic amines is 1. The van der Waals surface area contributed by atoms with Gasteiger partial charge in [-0.15, -0.1) is 0 Å². The molecule has 2 aromatic heterocycles. The molecule has 1 aliphatic heterocycles. The first-order chi connectivity index (χ1) is 15.4. The number of halogens is 3. The molecule has 1 amide bonds. The second kappa shape index (κ2) is 9.36. The molecule has 1 aliphatic rings. The van der Waals surface area contributed by atoms with Gasteiger partial charge in [0.15, 0.2) is 12.4 Å². The highest BCUT2D eigenvalue weighted by Gasteiger charge is 2.25. The van der Waals surface area contributed by atoms with Gasteiger partial charge in [-0.2, -0.15) is 9.97 Å². The molecule has 8 nitrogen and oxygen atoms in total. The van der Waals surface area contributed by atoms with Gasteiger partial charge < -0.3 is 19.5 Å². The number of nitrogens with zero attached hydrogens (tertiary/aromatic N) is 4. The van der Waals surface area contributed by atoms with Crippen molar-refractivity contribution in [1.82, 2.24) is 19.9 Å². The number of amides is 1. The summed E-state index contributed by atoms with van der Waals surface area (Å²) < 4.78 is 5.57. The van der Waals surface area contributed by atoms with Crippen LogP contribution in [0.25, 0.3) is 11.0 Å². The van der Waals surface area contributed by atoms with E-state index in [0.29, 0.717) is 31.8 Å². The molecule has 0 bridgehead atoms. The number of H-pyrrole nitrogens is 1. The van der Waals surface area contributed by atoms with E-state index in [1.807, 2.05) is 6.07 Å². The lowest BCUT2D eigenvalue weighted by molar-refractivity contribution is -0.133. The summed E-state index contributed by atoms with van der Waals surface area (Å²) in [7, 11) is 0. The van der Waals surface area contributed by atoms with E-state index in [-0.39, 0.29) is 44.9 Å². The van der Waals surface area contributed by atoms with Crippen molar-refractivity contribution >= 4 is 63.3 Å². The molecule has 4 rings (SSSR count). The maximum Gasteiger partial charge on any atom is 0.260 e. The van der Waals surface area contributed by atoms with Crippen molar-refractivity contribution in [2.75, 3.05) is 37.7 Å². The van der Waals surface area contributed by atoms with Crippen LogP contribution < -0.4 is 9.64 Å². The molecule has 0 radical (unpaired) electrons. The van der Waals surface area contributed by atoms with E-state index < -0.39 is 0 Å². The van der Waals surface area contributed by atoms with Crippen LogP contribution in [-0.2, 0) is 4.79 Å². The number of nitrogens with one attached hydrogen (secondary N) is 1. The molecule has 1 saturated heterocycles. The maximum atomic E-state index is 12.6. The summed E-state index contributed by atoms with van der Waals surface area (Å²) in [6, 6.07) is 4.90. The number of rotatable bonds is 6. The van der Waals surface area contributed by atoms with E-state index in [4.69, 9.17) is 39.5 Å². The predicted octanol–water partition coefficient (Wildman–Crippen LogP) is 4.01. The van der Waals surface area contributed by atoms with Crippen molar-refractivity contribution in [3.63, 3.8) is 0 Å². The van der Waals surface area contributed by atoms with E-state index in [0.717, 1.165) is 17.3 Å². The first-order valence-corrected chi connectivity index (χ1v) is 10.8. The molecule has 166 valence electrons. The molecular formula is C21H18Cl3N5O3. The van der Waals surface area contributed by atoms with Crippen LogP contribution in [0.5, 0.6) is 5.75 Å². The van der Waals surface area contributed by atoms with Crippen molar-refractivity contribution in [2.45, 2.75) is 0 Å². The van der Waals surface area contributed by atoms with Gasteiger partial charge in [0, 0.05) is 37.9 Å². The van der Waals surface area contributed by atoms with Gasteiger partial charge in [-0.1, -0.05) is 29.8 Å². The van der Waals surface area contributed by atoms with Gasteiger partial charge in [-0.05, 0) is 35.9 Å². The number of fused-ring (bicyclic) bond motifs is 1. The summed E-state index contributed by atoms with van der Waals surface area (Å²) in [4.78, 5) is 39.8. The largest absolute Gasteiger partial charge is 0.482 e. The van der Waals surface area contributed by atoms with Crippen LogP contribution in [-0.4, -0.2) is 64.3 Å². The van der Waals surface area contributed by atoms with Gasteiger partial charge in [0.1, 0.15) is 22.2 Å². The normalized spacial score (nSPS) is 14.0. The molecule has 0 aliphatic carbocycles.